The first kappa shape index (κ1) is 18.1. The van der Waals surface area contributed by atoms with Crippen molar-refractivity contribution in [3.05, 3.63) is 0 Å². The van der Waals surface area contributed by atoms with E-state index in [4.69, 9.17) is 5.73 Å². The third kappa shape index (κ3) is 4.38. The van der Waals surface area contributed by atoms with E-state index in [1.807, 2.05) is 0 Å². The van der Waals surface area contributed by atoms with Gasteiger partial charge in [-0.3, -0.25) is 4.79 Å². The number of carbonyl (C=O) groups is 1. The van der Waals surface area contributed by atoms with Crippen molar-refractivity contribution in [2.45, 2.75) is 76.7 Å². The fraction of sp³-hybridized carbons (Fsp3) is 0.944. The van der Waals surface area contributed by atoms with Crippen LogP contribution in [0.2, 0.25) is 0 Å². The van der Waals surface area contributed by atoms with Gasteiger partial charge >= 0.3 is 0 Å². The molecule has 2 unspecified atom stereocenters. The zero-order valence-corrected chi connectivity index (χ0v) is 14.6. The minimum atomic E-state index is 0. The zero-order valence-electron chi connectivity index (χ0n) is 13.8. The second-order valence-corrected chi connectivity index (χ2v) is 7.78. The number of halogens is 1. The first-order chi connectivity index (χ1) is 10.2. The van der Waals surface area contributed by atoms with Crippen molar-refractivity contribution >= 4 is 18.3 Å². The lowest BCUT2D eigenvalue weighted by Crippen LogP contribution is -2.49. The van der Waals surface area contributed by atoms with Crippen molar-refractivity contribution in [3.8, 4) is 0 Å². The van der Waals surface area contributed by atoms with Gasteiger partial charge in [0.1, 0.15) is 0 Å². The van der Waals surface area contributed by atoms with Crippen LogP contribution in [0, 0.1) is 23.7 Å². The summed E-state index contributed by atoms with van der Waals surface area (Å²) in [5.41, 5.74) is 6.31. The van der Waals surface area contributed by atoms with E-state index in [-0.39, 0.29) is 18.3 Å². The number of rotatable bonds is 4. The Hall–Kier alpha value is -0.280. The first-order valence-corrected chi connectivity index (χ1v) is 9.27. The Bertz CT molecular complexity index is 343. The number of nitrogens with one attached hydrogen (secondary N) is 1. The van der Waals surface area contributed by atoms with Gasteiger partial charge in [-0.1, -0.05) is 38.5 Å². The molecule has 3 saturated carbocycles. The molecule has 3 aliphatic carbocycles. The molecule has 3 aliphatic rings. The highest BCUT2D eigenvalue weighted by Gasteiger charge is 2.40. The van der Waals surface area contributed by atoms with Crippen LogP contribution in [-0.2, 0) is 4.79 Å². The average molecular weight is 329 g/mol. The van der Waals surface area contributed by atoms with E-state index in [0.717, 1.165) is 25.3 Å². The topological polar surface area (TPSA) is 55.1 Å². The minimum Gasteiger partial charge on any atom is -0.356 e. The molecule has 2 bridgehead atoms. The van der Waals surface area contributed by atoms with Gasteiger partial charge in [-0.25, -0.2) is 0 Å². The van der Waals surface area contributed by atoms with Crippen molar-refractivity contribution in [1.29, 1.82) is 0 Å². The van der Waals surface area contributed by atoms with Gasteiger partial charge in [-0.2, -0.15) is 0 Å². The third-order valence-corrected chi connectivity index (χ3v) is 6.36. The summed E-state index contributed by atoms with van der Waals surface area (Å²) in [6.07, 6.45) is 14.0. The highest BCUT2D eigenvalue weighted by Crippen LogP contribution is 2.41. The molecular formula is C18H33ClN2O. The lowest BCUT2D eigenvalue weighted by molar-refractivity contribution is -0.127. The molecule has 3 rings (SSSR count). The van der Waals surface area contributed by atoms with E-state index >= 15 is 0 Å². The van der Waals surface area contributed by atoms with Crippen LogP contribution in [-0.4, -0.2) is 18.5 Å². The van der Waals surface area contributed by atoms with E-state index in [1.165, 1.54) is 57.8 Å². The Morgan fingerprint density at radius 1 is 0.955 bits per heavy atom. The van der Waals surface area contributed by atoms with E-state index in [1.54, 1.807) is 0 Å². The third-order valence-electron chi connectivity index (χ3n) is 6.36. The molecule has 1 amide bonds. The highest BCUT2D eigenvalue weighted by atomic mass is 35.5. The molecule has 0 aromatic carbocycles. The maximum absolute atomic E-state index is 12.4. The Kier molecular flexibility index (Phi) is 7.01. The summed E-state index contributed by atoms with van der Waals surface area (Å²) >= 11 is 0. The van der Waals surface area contributed by atoms with Crippen LogP contribution >= 0.6 is 12.4 Å². The van der Waals surface area contributed by atoms with Crippen LogP contribution in [0.5, 0.6) is 0 Å². The van der Waals surface area contributed by atoms with Crippen LogP contribution in [0.1, 0.15) is 70.6 Å². The average Bonchev–Trinajstić information content (AvgIpc) is 2.48. The highest BCUT2D eigenvalue weighted by molar-refractivity contribution is 5.85. The van der Waals surface area contributed by atoms with Gasteiger partial charge in [0.05, 0.1) is 0 Å². The van der Waals surface area contributed by atoms with Crippen LogP contribution in [0.3, 0.4) is 0 Å². The van der Waals surface area contributed by atoms with Gasteiger partial charge in [-0.15, -0.1) is 12.4 Å². The summed E-state index contributed by atoms with van der Waals surface area (Å²) in [6.45, 7) is 0.890. The number of carbonyl (C=O) groups excluding carboxylic acids is 1. The molecule has 22 heavy (non-hydrogen) atoms. The molecule has 0 heterocycles. The second-order valence-electron chi connectivity index (χ2n) is 7.78. The molecule has 2 atom stereocenters. The number of hydrogen-bond donors (Lipinski definition) is 2. The quantitative estimate of drug-likeness (QED) is 0.827. The van der Waals surface area contributed by atoms with Crippen molar-refractivity contribution in [2.24, 2.45) is 29.4 Å². The van der Waals surface area contributed by atoms with E-state index in [9.17, 15) is 4.79 Å². The van der Waals surface area contributed by atoms with Gasteiger partial charge in [0.25, 0.3) is 0 Å². The number of fused-ring (bicyclic) bond motifs is 2. The smallest absolute Gasteiger partial charge is 0.223 e. The molecule has 3 nitrogen and oxygen atoms in total. The van der Waals surface area contributed by atoms with E-state index in [2.05, 4.69) is 5.32 Å². The summed E-state index contributed by atoms with van der Waals surface area (Å²) < 4.78 is 0. The monoisotopic (exact) mass is 328 g/mol. The van der Waals surface area contributed by atoms with Gasteiger partial charge in [0, 0.05) is 18.5 Å². The molecule has 3 fully saturated rings. The molecule has 0 aliphatic heterocycles. The standard InChI is InChI=1S/C18H32N2O.ClH/c19-17-14-7-4-8-15(17)12-16(11-14)18(21)20-10-9-13-5-2-1-3-6-13;/h13-17H,1-12,19H2,(H,20,21);1H. The molecule has 128 valence electrons. The lowest BCUT2D eigenvalue weighted by Gasteiger charge is -2.43. The minimum absolute atomic E-state index is 0. The number of amides is 1. The number of hydrogen-bond acceptors (Lipinski definition) is 2. The SMILES string of the molecule is Cl.NC1C2CCCC1CC(C(=O)NCCC1CCCCC1)C2. The summed E-state index contributed by atoms with van der Waals surface area (Å²) in [5.74, 6) is 2.62. The maximum Gasteiger partial charge on any atom is 0.223 e. The normalized spacial score (nSPS) is 35.5. The van der Waals surface area contributed by atoms with Crippen LogP contribution in [0.25, 0.3) is 0 Å². The Morgan fingerprint density at radius 2 is 1.59 bits per heavy atom. The fourth-order valence-corrected chi connectivity index (χ4v) is 5.02. The molecule has 4 heteroatoms. The predicted molar refractivity (Wildman–Crippen MR) is 93.0 cm³/mol. The van der Waals surface area contributed by atoms with Gasteiger partial charge in [0.2, 0.25) is 5.91 Å². The predicted octanol–water partition coefficient (Wildman–Crippen LogP) is 3.65. The number of nitrogens with two attached hydrogens (primary N) is 1. The van der Waals surface area contributed by atoms with Gasteiger partial charge in [-0.05, 0) is 49.9 Å². The van der Waals surface area contributed by atoms with Crippen LogP contribution < -0.4 is 11.1 Å². The van der Waals surface area contributed by atoms with Crippen LogP contribution in [0.15, 0.2) is 0 Å². The van der Waals surface area contributed by atoms with E-state index < -0.39 is 0 Å². The molecule has 3 N–H and O–H groups in total. The Balaban J connectivity index is 0.00000176. The molecule has 0 aromatic rings. The Labute approximate surface area is 141 Å². The second kappa shape index (κ2) is 8.54. The summed E-state index contributed by atoms with van der Waals surface area (Å²) in [7, 11) is 0. The fourth-order valence-electron chi connectivity index (χ4n) is 5.02. The molecule has 0 spiro atoms. The van der Waals surface area contributed by atoms with Crippen molar-refractivity contribution in [3.63, 3.8) is 0 Å². The summed E-state index contributed by atoms with van der Waals surface area (Å²) in [6, 6.07) is 0.366. The van der Waals surface area contributed by atoms with E-state index in [0.29, 0.717) is 23.8 Å². The van der Waals surface area contributed by atoms with Crippen molar-refractivity contribution in [1.82, 2.24) is 5.32 Å². The van der Waals surface area contributed by atoms with Gasteiger partial charge < -0.3 is 11.1 Å². The largest absolute Gasteiger partial charge is 0.356 e. The molecular weight excluding hydrogens is 296 g/mol. The van der Waals surface area contributed by atoms with Crippen molar-refractivity contribution in [2.75, 3.05) is 6.54 Å². The maximum atomic E-state index is 12.4. The molecule has 0 aromatic heterocycles. The lowest BCUT2D eigenvalue weighted by atomic mass is 9.65. The van der Waals surface area contributed by atoms with Crippen LogP contribution in [0.4, 0.5) is 0 Å². The zero-order chi connectivity index (χ0) is 14.7. The van der Waals surface area contributed by atoms with Gasteiger partial charge in [0.15, 0.2) is 0 Å². The molecule has 0 saturated heterocycles. The Morgan fingerprint density at radius 3 is 2.23 bits per heavy atom. The summed E-state index contributed by atoms with van der Waals surface area (Å²) in [5, 5.41) is 3.22. The summed E-state index contributed by atoms with van der Waals surface area (Å²) in [4.78, 5) is 12.4. The molecule has 0 radical (unpaired) electrons. The van der Waals surface area contributed by atoms with Crippen molar-refractivity contribution < 1.29 is 4.79 Å². The first-order valence-electron chi connectivity index (χ1n) is 9.27.